The molecule has 0 radical (unpaired) electrons. The molecule has 3 aromatic rings. The normalized spacial score (nSPS) is 11.6. The maximum Gasteiger partial charge on any atom is 0.190 e. The molecule has 0 spiro atoms. The van der Waals surface area contributed by atoms with E-state index in [1.807, 2.05) is 62.6 Å². The topological polar surface area (TPSA) is 67.7 Å². The molecule has 3 rings (SSSR count). The van der Waals surface area contributed by atoms with Crippen LogP contribution in [0, 0.1) is 5.82 Å². The van der Waals surface area contributed by atoms with Crippen LogP contribution in [0.1, 0.15) is 23.4 Å². The van der Waals surface area contributed by atoms with Crippen molar-refractivity contribution in [1.82, 2.24) is 10.1 Å². The Morgan fingerprint density at radius 1 is 1.07 bits per heavy atom. The van der Waals surface area contributed by atoms with Crippen molar-refractivity contribution in [3.05, 3.63) is 77.4 Å². The number of hydrogen-bond donors (Lipinski definition) is 1. The van der Waals surface area contributed by atoms with Gasteiger partial charge in [0.2, 0.25) is 0 Å². The van der Waals surface area contributed by atoms with Gasteiger partial charge in [0, 0.05) is 38.7 Å². The van der Waals surface area contributed by atoms with Gasteiger partial charge in [0.15, 0.2) is 5.96 Å². The van der Waals surface area contributed by atoms with E-state index in [9.17, 15) is 4.39 Å². The zero-order valence-corrected chi connectivity index (χ0v) is 16.9. The number of nitrogens with two attached hydrogens (primary N) is 1. The molecule has 0 fully saturated rings. The van der Waals surface area contributed by atoms with E-state index in [1.165, 1.54) is 0 Å². The highest BCUT2D eigenvalue weighted by Crippen LogP contribution is 2.24. The van der Waals surface area contributed by atoms with Crippen LogP contribution < -0.4 is 5.73 Å². The van der Waals surface area contributed by atoms with Crippen LogP contribution in [0.3, 0.4) is 0 Å². The number of hydrogen-bond acceptors (Lipinski definition) is 3. The molecule has 0 amide bonds. The van der Waals surface area contributed by atoms with E-state index < -0.39 is 0 Å². The van der Waals surface area contributed by atoms with Gasteiger partial charge in [-0.2, -0.15) is 0 Å². The molecule has 2 aromatic carbocycles. The zero-order chi connectivity index (χ0) is 20.6. The van der Waals surface area contributed by atoms with E-state index in [2.05, 4.69) is 10.1 Å². The summed E-state index contributed by atoms with van der Waals surface area (Å²) in [4.78, 5) is 6.06. The summed E-state index contributed by atoms with van der Waals surface area (Å²) in [5.41, 5.74) is 9.09. The number of aliphatic imine (C=N–C) groups is 1. The summed E-state index contributed by atoms with van der Waals surface area (Å²) >= 11 is 0. The van der Waals surface area contributed by atoms with E-state index in [0.717, 1.165) is 35.4 Å². The summed E-state index contributed by atoms with van der Waals surface area (Å²) < 4.78 is 19.9. The molecule has 0 atom stereocenters. The van der Waals surface area contributed by atoms with Crippen LogP contribution in [0.15, 0.2) is 64.1 Å². The van der Waals surface area contributed by atoms with Crippen molar-refractivity contribution in [3.8, 4) is 11.1 Å². The number of nitrogens with zero attached hydrogens (tertiary/aromatic N) is 3. The maximum absolute atomic E-state index is 14.5. The lowest BCUT2D eigenvalue weighted by molar-refractivity contribution is 0.375. The molecule has 0 aliphatic rings. The molecule has 0 aliphatic carbocycles. The second-order valence-corrected chi connectivity index (χ2v) is 7.20. The first kappa shape index (κ1) is 20.6. The summed E-state index contributed by atoms with van der Waals surface area (Å²) in [6, 6.07) is 17.0. The average Bonchev–Trinajstić information content (AvgIpc) is 3.18. The third-order valence-corrected chi connectivity index (χ3v) is 4.71. The third-order valence-electron chi connectivity index (χ3n) is 4.71. The first-order valence-electron chi connectivity index (χ1n) is 9.78. The summed E-state index contributed by atoms with van der Waals surface area (Å²) in [7, 11) is 3.73. The number of aryl methyl sites for hydroxylation is 3. The van der Waals surface area contributed by atoms with Gasteiger partial charge in [0.05, 0.1) is 5.69 Å². The second-order valence-electron chi connectivity index (χ2n) is 7.20. The van der Waals surface area contributed by atoms with Crippen LogP contribution in [-0.4, -0.2) is 36.7 Å². The highest BCUT2D eigenvalue weighted by molar-refractivity contribution is 5.77. The van der Waals surface area contributed by atoms with E-state index in [1.54, 1.807) is 11.0 Å². The van der Waals surface area contributed by atoms with Crippen molar-refractivity contribution in [3.63, 3.8) is 0 Å². The highest BCUT2D eigenvalue weighted by Gasteiger charge is 2.08. The first-order valence-corrected chi connectivity index (χ1v) is 9.78. The minimum atomic E-state index is -0.202. The lowest BCUT2D eigenvalue weighted by atomic mass is 10.0. The number of rotatable bonds is 8. The van der Waals surface area contributed by atoms with Crippen LogP contribution in [0.25, 0.3) is 11.1 Å². The maximum atomic E-state index is 14.5. The molecule has 0 bridgehead atoms. The second kappa shape index (κ2) is 9.87. The van der Waals surface area contributed by atoms with Crippen LogP contribution in [0.2, 0.25) is 0 Å². The summed E-state index contributed by atoms with van der Waals surface area (Å²) in [5, 5.41) is 4.12. The fourth-order valence-corrected chi connectivity index (χ4v) is 3.02. The molecule has 152 valence electrons. The Morgan fingerprint density at radius 3 is 2.59 bits per heavy atom. The van der Waals surface area contributed by atoms with Crippen LogP contribution in [-0.2, 0) is 19.3 Å². The van der Waals surface area contributed by atoms with Gasteiger partial charge in [0.1, 0.15) is 11.6 Å². The average molecular weight is 394 g/mol. The minimum absolute atomic E-state index is 0.202. The van der Waals surface area contributed by atoms with Crippen molar-refractivity contribution in [2.75, 3.05) is 20.6 Å². The Bertz CT molecular complexity index is 951. The number of aromatic nitrogens is 1. The predicted octanol–water partition coefficient (Wildman–Crippen LogP) is 4.07. The van der Waals surface area contributed by atoms with Gasteiger partial charge in [-0.15, -0.1) is 0 Å². The van der Waals surface area contributed by atoms with Gasteiger partial charge in [-0.3, -0.25) is 4.99 Å². The SMILES string of the molecule is CN(C)C(N)=NCCCc1cc(CCc2ccc(-c3ccccc3)c(F)c2)no1. The van der Waals surface area contributed by atoms with Crippen molar-refractivity contribution < 1.29 is 8.91 Å². The smallest absolute Gasteiger partial charge is 0.190 e. The van der Waals surface area contributed by atoms with Crippen molar-refractivity contribution in [1.29, 1.82) is 0 Å². The molecule has 0 saturated carbocycles. The fourth-order valence-electron chi connectivity index (χ4n) is 3.02. The van der Waals surface area contributed by atoms with E-state index >= 15 is 0 Å². The van der Waals surface area contributed by atoms with Gasteiger partial charge < -0.3 is 15.2 Å². The Hall–Kier alpha value is -3.15. The lowest BCUT2D eigenvalue weighted by Crippen LogP contribution is -2.30. The zero-order valence-electron chi connectivity index (χ0n) is 16.9. The number of guanidine groups is 1. The van der Waals surface area contributed by atoms with Crippen LogP contribution >= 0.6 is 0 Å². The molecule has 0 saturated heterocycles. The Kier molecular flexibility index (Phi) is 7.00. The van der Waals surface area contributed by atoms with Gasteiger partial charge >= 0.3 is 0 Å². The van der Waals surface area contributed by atoms with Crippen molar-refractivity contribution in [2.45, 2.75) is 25.7 Å². The Balaban J connectivity index is 1.51. The summed E-state index contributed by atoms with van der Waals surface area (Å²) in [6.07, 6.45) is 3.02. The van der Waals surface area contributed by atoms with Gasteiger partial charge in [-0.05, 0) is 36.5 Å². The molecule has 1 aromatic heterocycles. The highest BCUT2D eigenvalue weighted by atomic mass is 19.1. The Labute approximate surface area is 171 Å². The molecule has 0 unspecified atom stereocenters. The molecule has 2 N–H and O–H groups in total. The molecular weight excluding hydrogens is 367 g/mol. The standard InChI is InChI=1S/C23H27FN4O/c1-28(2)23(25)26-14-6-9-20-16-19(27-29-20)12-10-17-11-13-21(22(24)15-17)18-7-4-3-5-8-18/h3-5,7-8,11,13,15-16H,6,9-10,12,14H2,1-2H3,(H2,25,26). The quantitative estimate of drug-likeness (QED) is 0.355. The van der Waals surface area contributed by atoms with Gasteiger partial charge in [-0.1, -0.05) is 47.6 Å². The third kappa shape index (κ3) is 5.91. The predicted molar refractivity (Wildman–Crippen MR) is 114 cm³/mol. The largest absolute Gasteiger partial charge is 0.370 e. The monoisotopic (exact) mass is 394 g/mol. The lowest BCUT2D eigenvalue weighted by Gasteiger charge is -2.09. The molecule has 29 heavy (non-hydrogen) atoms. The Morgan fingerprint density at radius 2 is 1.86 bits per heavy atom. The molecule has 1 heterocycles. The first-order chi connectivity index (χ1) is 14.0. The van der Waals surface area contributed by atoms with E-state index in [4.69, 9.17) is 10.3 Å². The van der Waals surface area contributed by atoms with E-state index in [-0.39, 0.29) is 5.82 Å². The van der Waals surface area contributed by atoms with E-state index in [0.29, 0.717) is 30.9 Å². The van der Waals surface area contributed by atoms with Gasteiger partial charge in [0.25, 0.3) is 0 Å². The van der Waals surface area contributed by atoms with Crippen molar-refractivity contribution >= 4 is 5.96 Å². The molecule has 6 heteroatoms. The van der Waals surface area contributed by atoms with Crippen LogP contribution in [0.5, 0.6) is 0 Å². The van der Waals surface area contributed by atoms with Crippen LogP contribution in [0.4, 0.5) is 4.39 Å². The molecule has 5 nitrogen and oxygen atoms in total. The van der Waals surface area contributed by atoms with Gasteiger partial charge in [-0.25, -0.2) is 4.39 Å². The van der Waals surface area contributed by atoms with Crippen molar-refractivity contribution in [2.24, 2.45) is 10.7 Å². The molecule has 0 aliphatic heterocycles. The number of benzene rings is 2. The fraction of sp³-hybridized carbons (Fsp3) is 0.304. The summed E-state index contributed by atoms with van der Waals surface area (Å²) in [6.45, 7) is 0.646. The molecular formula is C23H27FN4O. The minimum Gasteiger partial charge on any atom is -0.370 e. The summed E-state index contributed by atoms with van der Waals surface area (Å²) in [5.74, 6) is 1.16. The number of halogens is 1.